The zero-order valence-corrected chi connectivity index (χ0v) is 16.3. The summed E-state index contributed by atoms with van der Waals surface area (Å²) in [6.07, 6.45) is 0. The van der Waals surface area contributed by atoms with E-state index in [1.807, 2.05) is 12.1 Å². The number of piperazine rings is 1. The number of aryl methyl sites for hydroxylation is 2. The first kappa shape index (κ1) is 18.2. The van der Waals surface area contributed by atoms with E-state index in [1.165, 1.54) is 16.7 Å². The van der Waals surface area contributed by atoms with Gasteiger partial charge in [0, 0.05) is 43.4 Å². The van der Waals surface area contributed by atoms with Gasteiger partial charge >= 0.3 is 0 Å². The Morgan fingerprint density at radius 1 is 1.00 bits per heavy atom. The normalized spacial score (nSPS) is 15.2. The highest BCUT2D eigenvalue weighted by Gasteiger charge is 2.19. The molecule has 0 aromatic heterocycles. The highest BCUT2D eigenvalue weighted by atomic mass is 35.5. The third-order valence-corrected chi connectivity index (χ3v) is 5.06. The van der Waals surface area contributed by atoms with Crippen molar-refractivity contribution in [3.05, 3.63) is 64.2 Å². The number of thiocarbonyl (C=S) groups is 1. The second-order valence-corrected chi connectivity index (χ2v) is 7.52. The molecule has 0 bridgehead atoms. The van der Waals surface area contributed by atoms with E-state index in [0.29, 0.717) is 0 Å². The smallest absolute Gasteiger partial charge is 0.173 e. The van der Waals surface area contributed by atoms with Gasteiger partial charge in [-0.1, -0.05) is 29.8 Å². The molecule has 0 atom stereocenters. The molecule has 1 saturated heterocycles. The summed E-state index contributed by atoms with van der Waals surface area (Å²) in [7, 11) is 0. The molecule has 0 amide bonds. The average molecular weight is 374 g/mol. The molecule has 3 rings (SSSR count). The predicted octanol–water partition coefficient (Wildman–Crippen LogP) is 4.47. The van der Waals surface area contributed by atoms with E-state index < -0.39 is 0 Å². The molecular weight excluding hydrogens is 350 g/mol. The molecule has 0 radical (unpaired) electrons. The molecule has 25 heavy (non-hydrogen) atoms. The van der Waals surface area contributed by atoms with Gasteiger partial charge in [0.25, 0.3) is 0 Å². The lowest BCUT2D eigenvalue weighted by atomic mass is 10.1. The number of benzene rings is 2. The molecule has 132 valence electrons. The largest absolute Gasteiger partial charge is 0.346 e. The van der Waals surface area contributed by atoms with Crippen LogP contribution in [0.1, 0.15) is 16.7 Å². The van der Waals surface area contributed by atoms with Crippen LogP contribution in [0.2, 0.25) is 5.02 Å². The lowest BCUT2D eigenvalue weighted by molar-refractivity contribution is 0.177. The Morgan fingerprint density at radius 3 is 2.20 bits per heavy atom. The van der Waals surface area contributed by atoms with Gasteiger partial charge in [-0.25, -0.2) is 0 Å². The molecule has 2 aromatic rings. The minimum atomic E-state index is 0.788. The summed E-state index contributed by atoms with van der Waals surface area (Å²) in [6, 6.07) is 14.5. The summed E-state index contributed by atoms with van der Waals surface area (Å²) in [5.41, 5.74) is 4.87. The Balaban J connectivity index is 1.51. The fraction of sp³-hybridized carbons (Fsp3) is 0.350. The van der Waals surface area contributed by atoms with Crippen LogP contribution >= 0.6 is 23.8 Å². The molecule has 0 unspecified atom stereocenters. The SMILES string of the molecule is Cc1cc(C)cc(NC(=S)N2CCN(Cc3ccc(Cl)cc3)CC2)c1. The fourth-order valence-corrected chi connectivity index (χ4v) is 3.63. The van der Waals surface area contributed by atoms with E-state index in [0.717, 1.165) is 48.5 Å². The van der Waals surface area contributed by atoms with Crippen LogP contribution < -0.4 is 5.32 Å². The van der Waals surface area contributed by atoms with Crippen LogP contribution in [0.5, 0.6) is 0 Å². The van der Waals surface area contributed by atoms with Crippen molar-refractivity contribution in [2.45, 2.75) is 20.4 Å². The van der Waals surface area contributed by atoms with Crippen molar-refractivity contribution >= 4 is 34.6 Å². The number of nitrogens with zero attached hydrogens (tertiary/aromatic N) is 2. The van der Waals surface area contributed by atoms with Gasteiger partial charge in [0.15, 0.2) is 5.11 Å². The van der Waals surface area contributed by atoms with E-state index in [-0.39, 0.29) is 0 Å². The van der Waals surface area contributed by atoms with Gasteiger partial charge in [-0.2, -0.15) is 0 Å². The van der Waals surface area contributed by atoms with Crippen molar-refractivity contribution in [3.8, 4) is 0 Å². The first-order valence-electron chi connectivity index (χ1n) is 8.60. The third kappa shape index (κ3) is 5.18. The molecule has 0 aliphatic carbocycles. The van der Waals surface area contributed by atoms with E-state index in [1.54, 1.807) is 0 Å². The second kappa shape index (κ2) is 8.17. The van der Waals surface area contributed by atoms with Crippen molar-refractivity contribution in [1.29, 1.82) is 0 Å². The van der Waals surface area contributed by atoms with E-state index >= 15 is 0 Å². The molecule has 1 N–H and O–H groups in total. The molecule has 1 aliphatic heterocycles. The van der Waals surface area contributed by atoms with E-state index in [2.05, 4.69) is 59.3 Å². The number of hydrogen-bond donors (Lipinski definition) is 1. The monoisotopic (exact) mass is 373 g/mol. The van der Waals surface area contributed by atoms with Crippen LogP contribution in [0.4, 0.5) is 5.69 Å². The van der Waals surface area contributed by atoms with E-state index in [4.69, 9.17) is 23.8 Å². The highest BCUT2D eigenvalue weighted by Crippen LogP contribution is 2.16. The molecule has 0 saturated carbocycles. The molecule has 5 heteroatoms. The Hall–Kier alpha value is -1.62. The van der Waals surface area contributed by atoms with Crippen molar-refractivity contribution in [2.75, 3.05) is 31.5 Å². The first-order chi connectivity index (χ1) is 12.0. The summed E-state index contributed by atoms with van der Waals surface area (Å²) in [5, 5.41) is 4.99. The topological polar surface area (TPSA) is 18.5 Å². The Bertz CT molecular complexity index is 717. The van der Waals surface area contributed by atoms with Crippen molar-refractivity contribution in [1.82, 2.24) is 9.80 Å². The van der Waals surface area contributed by atoms with Crippen molar-refractivity contribution in [3.63, 3.8) is 0 Å². The maximum absolute atomic E-state index is 5.95. The minimum Gasteiger partial charge on any atom is -0.346 e. The molecular formula is C20H24ClN3S. The molecule has 1 heterocycles. The number of anilines is 1. The third-order valence-electron chi connectivity index (χ3n) is 4.45. The summed E-state index contributed by atoms with van der Waals surface area (Å²) >= 11 is 11.6. The van der Waals surface area contributed by atoms with Gasteiger partial charge in [-0.05, 0) is 67.0 Å². The minimum absolute atomic E-state index is 0.788. The van der Waals surface area contributed by atoms with Crippen molar-refractivity contribution in [2.24, 2.45) is 0 Å². The first-order valence-corrected chi connectivity index (χ1v) is 9.39. The van der Waals surface area contributed by atoms with Crippen LogP contribution in [0.15, 0.2) is 42.5 Å². The van der Waals surface area contributed by atoms with E-state index in [9.17, 15) is 0 Å². The van der Waals surface area contributed by atoms with Crippen LogP contribution in [-0.2, 0) is 6.54 Å². The predicted molar refractivity (Wildman–Crippen MR) is 110 cm³/mol. The van der Waals surface area contributed by atoms with Gasteiger partial charge in [-0.3, -0.25) is 4.90 Å². The molecule has 3 nitrogen and oxygen atoms in total. The van der Waals surface area contributed by atoms with Gasteiger partial charge in [0.05, 0.1) is 0 Å². The van der Waals surface area contributed by atoms with Crippen LogP contribution in [-0.4, -0.2) is 41.1 Å². The zero-order chi connectivity index (χ0) is 17.8. The summed E-state index contributed by atoms with van der Waals surface area (Å²) in [6.45, 7) is 9.10. The molecule has 2 aromatic carbocycles. The quantitative estimate of drug-likeness (QED) is 0.799. The highest BCUT2D eigenvalue weighted by molar-refractivity contribution is 7.80. The lowest BCUT2D eigenvalue weighted by Gasteiger charge is -2.36. The number of rotatable bonds is 3. The van der Waals surface area contributed by atoms with Crippen LogP contribution in [0.3, 0.4) is 0 Å². The molecule has 1 aliphatic rings. The van der Waals surface area contributed by atoms with Crippen LogP contribution in [0.25, 0.3) is 0 Å². The summed E-state index contributed by atoms with van der Waals surface area (Å²) in [5.74, 6) is 0. The molecule has 1 fully saturated rings. The Morgan fingerprint density at radius 2 is 1.60 bits per heavy atom. The molecule has 0 spiro atoms. The van der Waals surface area contributed by atoms with Gasteiger partial charge in [-0.15, -0.1) is 0 Å². The van der Waals surface area contributed by atoms with Gasteiger partial charge in [0.1, 0.15) is 0 Å². The zero-order valence-electron chi connectivity index (χ0n) is 14.8. The second-order valence-electron chi connectivity index (χ2n) is 6.70. The number of hydrogen-bond acceptors (Lipinski definition) is 2. The maximum atomic E-state index is 5.95. The Kier molecular flexibility index (Phi) is 5.94. The lowest BCUT2D eigenvalue weighted by Crippen LogP contribution is -2.49. The van der Waals surface area contributed by atoms with Gasteiger partial charge < -0.3 is 10.2 Å². The maximum Gasteiger partial charge on any atom is 0.173 e. The van der Waals surface area contributed by atoms with Crippen molar-refractivity contribution < 1.29 is 0 Å². The number of halogens is 1. The van der Waals surface area contributed by atoms with Crippen LogP contribution in [0, 0.1) is 13.8 Å². The number of nitrogens with one attached hydrogen (secondary N) is 1. The average Bonchev–Trinajstić information content (AvgIpc) is 2.56. The summed E-state index contributed by atoms with van der Waals surface area (Å²) in [4.78, 5) is 4.71. The standard InChI is InChI=1S/C20H24ClN3S/c1-15-11-16(2)13-19(12-15)22-20(25)24-9-7-23(8-10-24)14-17-3-5-18(21)6-4-17/h3-6,11-13H,7-10,14H2,1-2H3,(H,22,25). The fourth-order valence-electron chi connectivity index (χ4n) is 3.21. The van der Waals surface area contributed by atoms with Gasteiger partial charge in [0.2, 0.25) is 0 Å². The Labute approximate surface area is 160 Å². The summed E-state index contributed by atoms with van der Waals surface area (Å²) < 4.78 is 0.